The lowest BCUT2D eigenvalue weighted by Crippen LogP contribution is -2.59. The highest BCUT2D eigenvalue weighted by molar-refractivity contribution is 5.95. The summed E-state index contributed by atoms with van der Waals surface area (Å²) in [5.74, 6) is -4.33. The first-order chi connectivity index (χ1) is 19.7. The van der Waals surface area contributed by atoms with Crippen LogP contribution in [0.15, 0.2) is 35.3 Å². The molecule has 0 heterocycles. The van der Waals surface area contributed by atoms with Gasteiger partial charge in [0.05, 0.1) is 12.6 Å². The van der Waals surface area contributed by atoms with Gasteiger partial charge in [-0.3, -0.25) is 29.0 Å². The van der Waals surface area contributed by atoms with Crippen LogP contribution in [0.25, 0.3) is 0 Å². The Morgan fingerprint density at radius 2 is 1.38 bits per heavy atom. The molecule has 0 radical (unpaired) electrons. The van der Waals surface area contributed by atoms with Crippen LogP contribution in [0.1, 0.15) is 45.6 Å². The Morgan fingerprint density at radius 3 is 1.93 bits per heavy atom. The Bertz CT molecular complexity index is 1080. The number of carboxylic acids is 1. The summed E-state index contributed by atoms with van der Waals surface area (Å²) in [5, 5.41) is 28.9. The summed E-state index contributed by atoms with van der Waals surface area (Å²) in [4.78, 5) is 66.8. The minimum atomic E-state index is -1.47. The molecule has 0 unspecified atom stereocenters. The molecule has 0 saturated carbocycles. The molecular weight excluding hydrogens is 548 g/mol. The first kappa shape index (κ1) is 35.8. The number of aliphatic imine (C=N–C) groups is 1. The molecular formula is C27H44N8O7. The number of rotatable bonds is 18. The maximum atomic E-state index is 13.1. The minimum Gasteiger partial charge on any atom is -0.480 e. The number of nitrogens with one attached hydrogen (secondary N) is 4. The second-order valence-corrected chi connectivity index (χ2v) is 10.3. The van der Waals surface area contributed by atoms with Crippen molar-refractivity contribution in [2.24, 2.45) is 28.1 Å². The van der Waals surface area contributed by atoms with Crippen LogP contribution in [0, 0.1) is 5.92 Å². The summed E-state index contributed by atoms with van der Waals surface area (Å²) >= 11 is 0. The number of carboxylic acid groups (broad SMARTS) is 1. The van der Waals surface area contributed by atoms with Crippen LogP contribution in [0.2, 0.25) is 0 Å². The quantitative estimate of drug-likeness (QED) is 0.0499. The Hall–Kier alpha value is -4.24. The first-order valence-electron chi connectivity index (χ1n) is 13.6. The third-order valence-corrected chi connectivity index (χ3v) is 6.10. The summed E-state index contributed by atoms with van der Waals surface area (Å²) in [6.45, 7) is 4.42. The number of aliphatic carboxylic acids is 1. The predicted octanol–water partition coefficient (Wildman–Crippen LogP) is -2.31. The standard InChI is InChI=1S/C27H44N8O7/c1-15(2)12-19(33-22(37)18(28)10-7-11-31-27(29)30)24(39)35-21(14-36)25(40)34-20(13-17-8-5-4-6-9-17)23(38)32-16(3)26(41)42/h4-6,8-9,15-16,18-21,36H,7,10-14,28H2,1-3H3,(H,32,38)(H,33,37)(H,34,40)(H,35,39)(H,41,42)(H4,29,30,31)/t16-,18-,19-,20-,21-/m0/s1. The Kier molecular flexibility index (Phi) is 15.5. The number of guanidine groups is 1. The topological polar surface area (TPSA) is 264 Å². The van der Waals surface area contributed by atoms with E-state index in [0.29, 0.717) is 12.0 Å². The van der Waals surface area contributed by atoms with Crippen molar-refractivity contribution >= 4 is 35.6 Å². The third kappa shape index (κ3) is 13.4. The zero-order valence-corrected chi connectivity index (χ0v) is 24.2. The second kappa shape index (κ2) is 18.2. The maximum absolute atomic E-state index is 13.1. The predicted molar refractivity (Wildman–Crippen MR) is 156 cm³/mol. The van der Waals surface area contributed by atoms with E-state index in [1.807, 2.05) is 13.8 Å². The molecule has 0 aliphatic rings. The number of aliphatic hydroxyl groups is 1. The molecule has 0 saturated heterocycles. The molecule has 1 aromatic carbocycles. The van der Waals surface area contributed by atoms with Crippen LogP contribution in [0.5, 0.6) is 0 Å². The van der Waals surface area contributed by atoms with Crippen LogP contribution in [0.3, 0.4) is 0 Å². The molecule has 0 spiro atoms. The van der Waals surface area contributed by atoms with E-state index in [9.17, 15) is 29.1 Å². The molecule has 1 rings (SSSR count). The van der Waals surface area contributed by atoms with Crippen LogP contribution in [0.4, 0.5) is 0 Å². The molecule has 0 aliphatic carbocycles. The van der Waals surface area contributed by atoms with Gasteiger partial charge in [0.1, 0.15) is 24.2 Å². The molecule has 0 aromatic heterocycles. The molecule has 15 heteroatoms. The van der Waals surface area contributed by atoms with E-state index in [1.165, 1.54) is 6.92 Å². The van der Waals surface area contributed by atoms with Gasteiger partial charge in [-0.25, -0.2) is 0 Å². The number of benzene rings is 1. The van der Waals surface area contributed by atoms with E-state index in [0.717, 1.165) is 0 Å². The molecule has 0 fully saturated rings. The summed E-state index contributed by atoms with van der Waals surface area (Å²) in [6.07, 6.45) is 0.920. The van der Waals surface area contributed by atoms with E-state index >= 15 is 0 Å². The van der Waals surface area contributed by atoms with Gasteiger partial charge in [0.2, 0.25) is 23.6 Å². The van der Waals surface area contributed by atoms with E-state index in [1.54, 1.807) is 30.3 Å². The lowest BCUT2D eigenvalue weighted by molar-refractivity contribution is -0.141. The minimum absolute atomic E-state index is 0.0178. The van der Waals surface area contributed by atoms with E-state index in [-0.39, 0.29) is 37.7 Å². The molecule has 0 bridgehead atoms. The highest BCUT2D eigenvalue weighted by Crippen LogP contribution is 2.08. The maximum Gasteiger partial charge on any atom is 0.325 e. The fourth-order valence-electron chi connectivity index (χ4n) is 3.81. The monoisotopic (exact) mass is 592 g/mol. The zero-order chi connectivity index (χ0) is 31.8. The van der Waals surface area contributed by atoms with Gasteiger partial charge in [-0.05, 0) is 37.7 Å². The highest BCUT2D eigenvalue weighted by Gasteiger charge is 2.31. The van der Waals surface area contributed by atoms with Gasteiger partial charge in [-0.15, -0.1) is 0 Å². The number of nitrogens with two attached hydrogens (primary N) is 3. The Labute approximate surface area is 245 Å². The number of amides is 4. The largest absolute Gasteiger partial charge is 0.480 e. The second-order valence-electron chi connectivity index (χ2n) is 10.3. The van der Waals surface area contributed by atoms with Crippen molar-refractivity contribution in [2.45, 2.75) is 76.7 Å². The molecule has 4 amide bonds. The van der Waals surface area contributed by atoms with Crippen molar-refractivity contribution in [3.63, 3.8) is 0 Å². The lowest BCUT2D eigenvalue weighted by atomic mass is 10.0. The van der Waals surface area contributed by atoms with Gasteiger partial charge in [-0.1, -0.05) is 44.2 Å². The molecule has 15 nitrogen and oxygen atoms in total. The highest BCUT2D eigenvalue weighted by atomic mass is 16.4. The van der Waals surface area contributed by atoms with Crippen molar-refractivity contribution in [3.05, 3.63) is 35.9 Å². The fourth-order valence-corrected chi connectivity index (χ4v) is 3.81. The SMILES string of the molecule is CC(C)C[C@H](NC(=O)[C@@H](N)CCCN=C(N)N)C(=O)N[C@@H](CO)C(=O)N[C@@H](Cc1ccccc1)C(=O)N[C@@H](C)C(=O)O. The van der Waals surface area contributed by atoms with Crippen molar-refractivity contribution in [1.29, 1.82) is 0 Å². The Morgan fingerprint density at radius 1 is 0.833 bits per heavy atom. The average Bonchev–Trinajstić information content (AvgIpc) is 2.92. The van der Waals surface area contributed by atoms with E-state index in [4.69, 9.17) is 22.3 Å². The van der Waals surface area contributed by atoms with Crippen molar-refractivity contribution in [3.8, 4) is 0 Å². The molecule has 0 aliphatic heterocycles. The van der Waals surface area contributed by atoms with Crippen molar-refractivity contribution in [1.82, 2.24) is 21.3 Å². The number of aliphatic hydroxyl groups excluding tert-OH is 1. The average molecular weight is 593 g/mol. The van der Waals surface area contributed by atoms with E-state index < -0.39 is 66.4 Å². The number of carbonyl (C=O) groups is 5. The van der Waals surface area contributed by atoms with Crippen LogP contribution < -0.4 is 38.5 Å². The number of carbonyl (C=O) groups excluding carboxylic acids is 4. The smallest absolute Gasteiger partial charge is 0.325 e. The van der Waals surface area contributed by atoms with Gasteiger partial charge >= 0.3 is 5.97 Å². The van der Waals surface area contributed by atoms with Gasteiger partial charge in [0.15, 0.2) is 5.96 Å². The number of hydrogen-bond acceptors (Lipinski definition) is 8. The Balaban J connectivity index is 2.97. The normalized spacial score (nSPS) is 14.4. The van der Waals surface area contributed by atoms with Gasteiger partial charge < -0.3 is 48.7 Å². The summed E-state index contributed by atoms with van der Waals surface area (Å²) in [5.41, 5.74) is 17.2. The van der Waals surface area contributed by atoms with Crippen LogP contribution in [-0.2, 0) is 30.4 Å². The first-order valence-corrected chi connectivity index (χ1v) is 13.6. The molecule has 42 heavy (non-hydrogen) atoms. The lowest BCUT2D eigenvalue weighted by Gasteiger charge is -2.26. The molecule has 234 valence electrons. The van der Waals surface area contributed by atoms with Crippen LogP contribution in [-0.4, -0.2) is 89.1 Å². The van der Waals surface area contributed by atoms with Gasteiger partial charge in [0, 0.05) is 13.0 Å². The number of nitrogens with zero attached hydrogens (tertiary/aromatic N) is 1. The third-order valence-electron chi connectivity index (χ3n) is 6.10. The molecule has 1 aromatic rings. The summed E-state index contributed by atoms with van der Waals surface area (Å²) in [7, 11) is 0. The van der Waals surface area contributed by atoms with E-state index in [2.05, 4.69) is 26.3 Å². The zero-order valence-electron chi connectivity index (χ0n) is 24.2. The van der Waals surface area contributed by atoms with Crippen molar-refractivity contribution in [2.75, 3.05) is 13.2 Å². The molecule has 5 atom stereocenters. The fraction of sp³-hybridized carbons (Fsp3) is 0.556. The number of hydrogen-bond donors (Lipinski definition) is 9. The van der Waals surface area contributed by atoms with Gasteiger partial charge in [0.25, 0.3) is 0 Å². The molecule has 12 N–H and O–H groups in total. The van der Waals surface area contributed by atoms with Gasteiger partial charge in [-0.2, -0.15) is 0 Å². The van der Waals surface area contributed by atoms with Crippen molar-refractivity contribution < 1.29 is 34.2 Å². The summed E-state index contributed by atoms with van der Waals surface area (Å²) < 4.78 is 0. The van der Waals surface area contributed by atoms with Crippen LogP contribution >= 0.6 is 0 Å². The summed E-state index contributed by atoms with van der Waals surface area (Å²) in [6, 6.07) is 2.78.